The Morgan fingerprint density at radius 2 is 2.18 bits per heavy atom. The first kappa shape index (κ1) is 11.9. The molecule has 17 heavy (non-hydrogen) atoms. The normalized spacial score (nSPS) is 11.4. The van der Waals surface area contributed by atoms with Crippen molar-refractivity contribution in [2.45, 2.75) is 40.0 Å². The van der Waals surface area contributed by atoms with E-state index >= 15 is 0 Å². The molecular formula is C13H19N3O. The molecule has 1 aromatic carbocycles. The summed E-state index contributed by atoms with van der Waals surface area (Å²) in [5, 5.41) is 0. The maximum Gasteiger partial charge on any atom is 0.123 e. The van der Waals surface area contributed by atoms with Gasteiger partial charge in [0.25, 0.3) is 0 Å². The highest BCUT2D eigenvalue weighted by atomic mass is 16.5. The van der Waals surface area contributed by atoms with Crippen molar-refractivity contribution in [3.63, 3.8) is 0 Å². The molecule has 2 aromatic rings. The molecule has 0 aliphatic heterocycles. The van der Waals surface area contributed by atoms with Gasteiger partial charge in [-0.3, -0.25) is 0 Å². The monoisotopic (exact) mass is 233 g/mol. The molecule has 0 unspecified atom stereocenters. The second kappa shape index (κ2) is 4.75. The molecule has 0 bridgehead atoms. The van der Waals surface area contributed by atoms with E-state index in [9.17, 15) is 0 Å². The molecule has 0 fully saturated rings. The van der Waals surface area contributed by atoms with Crippen molar-refractivity contribution >= 4 is 11.0 Å². The summed E-state index contributed by atoms with van der Waals surface area (Å²) in [6.45, 7) is 7.47. The number of hydrogen-bond acceptors (Lipinski definition) is 3. The lowest BCUT2D eigenvalue weighted by atomic mass is 10.3. The van der Waals surface area contributed by atoms with Crippen LogP contribution in [0.5, 0.6) is 5.75 Å². The zero-order valence-corrected chi connectivity index (χ0v) is 10.6. The predicted octanol–water partition coefficient (Wildman–Crippen LogP) is 2.30. The third-order valence-electron chi connectivity index (χ3n) is 2.67. The predicted molar refractivity (Wildman–Crippen MR) is 69.1 cm³/mol. The van der Waals surface area contributed by atoms with Crippen LogP contribution in [-0.2, 0) is 13.1 Å². The quantitative estimate of drug-likeness (QED) is 0.881. The summed E-state index contributed by atoms with van der Waals surface area (Å²) in [4.78, 5) is 4.53. The van der Waals surface area contributed by atoms with E-state index < -0.39 is 0 Å². The summed E-state index contributed by atoms with van der Waals surface area (Å²) in [6, 6.07) is 6.00. The van der Waals surface area contributed by atoms with Crippen molar-refractivity contribution in [1.29, 1.82) is 0 Å². The molecular weight excluding hydrogens is 214 g/mol. The minimum Gasteiger partial charge on any atom is -0.491 e. The van der Waals surface area contributed by atoms with Crippen LogP contribution in [0.25, 0.3) is 11.0 Å². The average molecular weight is 233 g/mol. The van der Waals surface area contributed by atoms with Gasteiger partial charge in [0.1, 0.15) is 11.6 Å². The Morgan fingerprint density at radius 1 is 1.41 bits per heavy atom. The SMILES string of the molecule is CCn1c(CN)nc2cc(OC(C)C)ccc21. The number of aryl methyl sites for hydroxylation is 1. The smallest absolute Gasteiger partial charge is 0.123 e. The Hall–Kier alpha value is -1.55. The van der Waals surface area contributed by atoms with Gasteiger partial charge in [0.15, 0.2) is 0 Å². The molecule has 2 N–H and O–H groups in total. The highest BCUT2D eigenvalue weighted by Gasteiger charge is 2.09. The maximum atomic E-state index is 5.69. The first-order valence-electron chi connectivity index (χ1n) is 6.01. The fraction of sp³-hybridized carbons (Fsp3) is 0.462. The van der Waals surface area contributed by atoms with Gasteiger partial charge in [0.2, 0.25) is 0 Å². The van der Waals surface area contributed by atoms with Gasteiger partial charge in [0.05, 0.1) is 23.7 Å². The van der Waals surface area contributed by atoms with E-state index in [4.69, 9.17) is 10.5 Å². The Labute approximate surface area is 101 Å². The van der Waals surface area contributed by atoms with Crippen molar-refractivity contribution < 1.29 is 4.74 Å². The summed E-state index contributed by atoms with van der Waals surface area (Å²) in [6.07, 6.45) is 0.176. The third kappa shape index (κ3) is 2.26. The number of rotatable bonds is 4. The summed E-state index contributed by atoms with van der Waals surface area (Å²) < 4.78 is 7.79. The number of ether oxygens (including phenoxy) is 1. The van der Waals surface area contributed by atoms with Crippen LogP contribution in [-0.4, -0.2) is 15.7 Å². The lowest BCUT2D eigenvalue weighted by Gasteiger charge is -2.09. The minimum atomic E-state index is 0.176. The van der Waals surface area contributed by atoms with E-state index in [0.29, 0.717) is 6.54 Å². The Kier molecular flexibility index (Phi) is 3.33. The third-order valence-corrected chi connectivity index (χ3v) is 2.67. The molecule has 1 aromatic heterocycles. The van der Waals surface area contributed by atoms with Crippen LogP contribution in [0.4, 0.5) is 0 Å². The van der Waals surface area contributed by atoms with Gasteiger partial charge in [-0.1, -0.05) is 0 Å². The summed E-state index contributed by atoms with van der Waals surface area (Å²) >= 11 is 0. The van der Waals surface area contributed by atoms with E-state index in [-0.39, 0.29) is 6.10 Å². The van der Waals surface area contributed by atoms with Crippen LogP contribution >= 0.6 is 0 Å². The number of hydrogen-bond donors (Lipinski definition) is 1. The molecule has 0 atom stereocenters. The molecule has 0 radical (unpaired) electrons. The number of imidazole rings is 1. The van der Waals surface area contributed by atoms with E-state index in [1.165, 1.54) is 0 Å². The second-order valence-electron chi connectivity index (χ2n) is 4.29. The van der Waals surface area contributed by atoms with Crippen molar-refractivity contribution in [3.8, 4) is 5.75 Å². The molecule has 2 rings (SSSR count). The minimum absolute atomic E-state index is 0.176. The van der Waals surface area contributed by atoms with Gasteiger partial charge in [-0.25, -0.2) is 4.98 Å². The first-order valence-corrected chi connectivity index (χ1v) is 6.01. The van der Waals surface area contributed by atoms with E-state index in [1.54, 1.807) is 0 Å². The fourth-order valence-electron chi connectivity index (χ4n) is 2.01. The van der Waals surface area contributed by atoms with Crippen LogP contribution < -0.4 is 10.5 Å². The number of fused-ring (bicyclic) bond motifs is 1. The summed E-state index contributed by atoms with van der Waals surface area (Å²) in [5.74, 6) is 1.78. The van der Waals surface area contributed by atoms with E-state index in [1.807, 2.05) is 32.0 Å². The van der Waals surface area contributed by atoms with Crippen LogP contribution in [0, 0.1) is 0 Å². The van der Waals surface area contributed by atoms with Crippen LogP contribution in [0.15, 0.2) is 18.2 Å². The molecule has 0 aliphatic carbocycles. The topological polar surface area (TPSA) is 53.1 Å². The zero-order valence-electron chi connectivity index (χ0n) is 10.6. The highest BCUT2D eigenvalue weighted by Crippen LogP contribution is 2.22. The molecule has 92 valence electrons. The lowest BCUT2D eigenvalue weighted by molar-refractivity contribution is 0.242. The highest BCUT2D eigenvalue weighted by molar-refractivity contribution is 5.77. The van der Waals surface area contributed by atoms with Crippen LogP contribution in [0.1, 0.15) is 26.6 Å². The first-order chi connectivity index (χ1) is 8.15. The second-order valence-corrected chi connectivity index (χ2v) is 4.29. The molecule has 0 saturated heterocycles. The largest absolute Gasteiger partial charge is 0.491 e. The van der Waals surface area contributed by atoms with Crippen molar-refractivity contribution in [2.24, 2.45) is 5.73 Å². The van der Waals surface area contributed by atoms with Gasteiger partial charge in [-0.05, 0) is 32.9 Å². The van der Waals surface area contributed by atoms with Gasteiger partial charge in [0, 0.05) is 12.6 Å². The number of benzene rings is 1. The summed E-state index contributed by atoms with van der Waals surface area (Å²) in [5.41, 5.74) is 7.76. The standard InChI is InChI=1S/C13H19N3O/c1-4-16-12-6-5-10(17-9(2)3)7-11(12)15-13(16)8-14/h5-7,9H,4,8,14H2,1-3H3. The summed E-state index contributed by atoms with van der Waals surface area (Å²) in [7, 11) is 0. The lowest BCUT2D eigenvalue weighted by Crippen LogP contribution is -2.07. The Morgan fingerprint density at radius 3 is 2.76 bits per heavy atom. The van der Waals surface area contributed by atoms with Crippen LogP contribution in [0.2, 0.25) is 0 Å². The molecule has 0 saturated carbocycles. The van der Waals surface area contributed by atoms with Crippen molar-refractivity contribution in [3.05, 3.63) is 24.0 Å². The van der Waals surface area contributed by atoms with Crippen molar-refractivity contribution in [2.75, 3.05) is 0 Å². The average Bonchev–Trinajstić information content (AvgIpc) is 2.64. The Balaban J connectivity index is 2.48. The van der Waals surface area contributed by atoms with E-state index in [0.717, 1.165) is 29.2 Å². The molecule has 4 heteroatoms. The number of nitrogens with two attached hydrogens (primary N) is 1. The van der Waals surface area contributed by atoms with Crippen molar-refractivity contribution in [1.82, 2.24) is 9.55 Å². The number of aromatic nitrogens is 2. The molecule has 1 heterocycles. The molecule has 4 nitrogen and oxygen atoms in total. The van der Waals surface area contributed by atoms with Gasteiger partial charge >= 0.3 is 0 Å². The zero-order chi connectivity index (χ0) is 12.4. The molecule has 0 spiro atoms. The fourth-order valence-corrected chi connectivity index (χ4v) is 2.01. The maximum absolute atomic E-state index is 5.69. The van der Waals surface area contributed by atoms with Crippen LogP contribution in [0.3, 0.4) is 0 Å². The Bertz CT molecular complexity index is 517. The molecule has 0 aliphatic rings. The van der Waals surface area contributed by atoms with E-state index in [2.05, 4.69) is 16.5 Å². The van der Waals surface area contributed by atoms with Gasteiger partial charge < -0.3 is 15.0 Å². The van der Waals surface area contributed by atoms with Gasteiger partial charge in [-0.2, -0.15) is 0 Å². The molecule has 0 amide bonds. The number of nitrogens with zero attached hydrogens (tertiary/aromatic N) is 2. The van der Waals surface area contributed by atoms with Gasteiger partial charge in [-0.15, -0.1) is 0 Å².